The van der Waals surface area contributed by atoms with Gasteiger partial charge < -0.3 is 0 Å². The molecule has 0 aliphatic heterocycles. The summed E-state index contributed by atoms with van der Waals surface area (Å²) in [5.41, 5.74) is 6.96. The van der Waals surface area contributed by atoms with Gasteiger partial charge in [-0.15, -0.1) is 0 Å². The molecule has 1 aromatic heterocycles. The van der Waals surface area contributed by atoms with Gasteiger partial charge in [-0.3, -0.25) is 4.98 Å². The number of nitrogens with zero attached hydrogens (tertiary/aromatic N) is 1. The van der Waals surface area contributed by atoms with E-state index >= 15 is 0 Å². The molecule has 8 aromatic carbocycles. The van der Waals surface area contributed by atoms with E-state index in [1.165, 1.54) is 70.6 Å². The zero-order chi connectivity index (χ0) is 29.0. The van der Waals surface area contributed by atoms with Crippen molar-refractivity contribution >= 4 is 53.9 Å². The monoisotopic (exact) mass is 557 g/mol. The van der Waals surface area contributed by atoms with Crippen molar-refractivity contribution in [2.24, 2.45) is 0 Å². The molecule has 1 nitrogen and oxygen atoms in total. The van der Waals surface area contributed by atoms with Crippen molar-refractivity contribution in [3.8, 4) is 33.5 Å². The van der Waals surface area contributed by atoms with Gasteiger partial charge in [-0.25, -0.2) is 0 Å². The normalized spacial score (nSPS) is 11.6. The van der Waals surface area contributed by atoms with Crippen LogP contribution in [0.4, 0.5) is 0 Å². The topological polar surface area (TPSA) is 12.9 Å². The Morgan fingerprint density at radius 3 is 1.64 bits per heavy atom. The van der Waals surface area contributed by atoms with Crippen LogP contribution in [0.3, 0.4) is 0 Å². The van der Waals surface area contributed by atoms with Gasteiger partial charge in [-0.1, -0.05) is 133 Å². The molecule has 1 heteroatoms. The summed E-state index contributed by atoms with van der Waals surface area (Å²) in [4.78, 5) is 4.97. The highest BCUT2D eigenvalue weighted by Gasteiger charge is 2.15. The fraction of sp³-hybridized carbons (Fsp3) is 0. The van der Waals surface area contributed by atoms with Crippen LogP contribution in [0, 0.1) is 0 Å². The Labute approximate surface area is 255 Å². The third-order valence-corrected chi connectivity index (χ3v) is 9.08. The van der Waals surface area contributed by atoms with Gasteiger partial charge in [0.2, 0.25) is 0 Å². The molecule has 204 valence electrons. The standard InChI is InChI=1S/C43H27N/c1-2-12-30-25-42-40(24-29(30)11-1)34-16-6-4-13-31(34)26-41(42)38-22-21-35(36-17-7-8-18-37(36)38)32-20-23-43(44-27-32)39-19-9-14-28-10-3-5-15-33(28)39/h1-27H. The summed E-state index contributed by atoms with van der Waals surface area (Å²) in [6.07, 6.45) is 2.02. The van der Waals surface area contributed by atoms with Crippen LogP contribution in [-0.4, -0.2) is 4.98 Å². The lowest BCUT2D eigenvalue weighted by atomic mass is 9.87. The number of pyridine rings is 1. The molecular formula is C43H27N. The Bertz CT molecular complexity index is 2540. The summed E-state index contributed by atoms with van der Waals surface area (Å²) in [5.74, 6) is 0. The summed E-state index contributed by atoms with van der Waals surface area (Å²) in [6, 6.07) is 57.2. The highest BCUT2D eigenvalue weighted by atomic mass is 14.7. The maximum absolute atomic E-state index is 4.97. The largest absolute Gasteiger partial charge is 0.256 e. The first-order valence-corrected chi connectivity index (χ1v) is 15.1. The number of fused-ring (bicyclic) bond motifs is 6. The molecule has 0 aliphatic carbocycles. The Morgan fingerprint density at radius 2 is 0.886 bits per heavy atom. The van der Waals surface area contributed by atoms with E-state index in [4.69, 9.17) is 4.98 Å². The molecule has 0 fully saturated rings. The SMILES string of the molecule is c1ccc2cc3c(cc2c1)c(-c1ccc(-c2ccc(-c4cccc5ccccc45)nc2)c2ccccc12)cc1ccccc13. The molecular weight excluding hydrogens is 530 g/mol. The lowest BCUT2D eigenvalue weighted by Gasteiger charge is -2.16. The Balaban J connectivity index is 1.23. The van der Waals surface area contributed by atoms with Crippen molar-refractivity contribution in [2.45, 2.75) is 0 Å². The summed E-state index contributed by atoms with van der Waals surface area (Å²) in [6.45, 7) is 0. The Kier molecular flexibility index (Phi) is 5.57. The second-order valence-corrected chi connectivity index (χ2v) is 11.6. The lowest BCUT2D eigenvalue weighted by Crippen LogP contribution is -1.90. The van der Waals surface area contributed by atoms with E-state index in [9.17, 15) is 0 Å². The molecule has 0 atom stereocenters. The average Bonchev–Trinajstić information content (AvgIpc) is 3.10. The highest BCUT2D eigenvalue weighted by Crippen LogP contribution is 2.42. The first kappa shape index (κ1) is 24.8. The van der Waals surface area contributed by atoms with Gasteiger partial charge in [0.05, 0.1) is 5.69 Å². The lowest BCUT2D eigenvalue weighted by molar-refractivity contribution is 1.33. The van der Waals surface area contributed by atoms with Crippen LogP contribution in [0.25, 0.3) is 87.4 Å². The molecule has 9 rings (SSSR count). The molecule has 9 aromatic rings. The van der Waals surface area contributed by atoms with Gasteiger partial charge in [0.15, 0.2) is 0 Å². The van der Waals surface area contributed by atoms with Crippen LogP contribution in [0.5, 0.6) is 0 Å². The molecule has 0 unspecified atom stereocenters. The third-order valence-electron chi connectivity index (χ3n) is 9.08. The maximum atomic E-state index is 4.97. The molecule has 0 spiro atoms. The minimum Gasteiger partial charge on any atom is -0.256 e. The fourth-order valence-electron chi connectivity index (χ4n) is 6.96. The van der Waals surface area contributed by atoms with E-state index in [1.54, 1.807) is 0 Å². The van der Waals surface area contributed by atoms with Crippen LogP contribution < -0.4 is 0 Å². The summed E-state index contributed by atoms with van der Waals surface area (Å²) >= 11 is 0. The predicted octanol–water partition coefficient (Wildman–Crippen LogP) is 11.8. The zero-order valence-electron chi connectivity index (χ0n) is 24.0. The predicted molar refractivity (Wildman–Crippen MR) is 188 cm³/mol. The van der Waals surface area contributed by atoms with Crippen LogP contribution in [0.15, 0.2) is 164 Å². The minimum absolute atomic E-state index is 0.987. The van der Waals surface area contributed by atoms with Crippen LogP contribution >= 0.6 is 0 Å². The number of hydrogen-bond donors (Lipinski definition) is 0. The maximum Gasteiger partial charge on any atom is 0.0708 e. The van der Waals surface area contributed by atoms with Crippen molar-refractivity contribution < 1.29 is 0 Å². The van der Waals surface area contributed by atoms with Crippen molar-refractivity contribution in [3.63, 3.8) is 0 Å². The quantitative estimate of drug-likeness (QED) is 0.155. The second kappa shape index (κ2) is 9.90. The minimum atomic E-state index is 0.987. The molecule has 1 heterocycles. The zero-order valence-corrected chi connectivity index (χ0v) is 24.0. The van der Waals surface area contributed by atoms with Crippen molar-refractivity contribution in [2.75, 3.05) is 0 Å². The van der Waals surface area contributed by atoms with E-state index in [0.717, 1.165) is 16.8 Å². The first-order valence-electron chi connectivity index (χ1n) is 15.1. The van der Waals surface area contributed by atoms with E-state index < -0.39 is 0 Å². The van der Waals surface area contributed by atoms with Crippen LogP contribution in [0.1, 0.15) is 0 Å². The van der Waals surface area contributed by atoms with Gasteiger partial charge in [0, 0.05) is 17.3 Å². The molecule has 44 heavy (non-hydrogen) atoms. The smallest absolute Gasteiger partial charge is 0.0708 e. The van der Waals surface area contributed by atoms with Crippen LogP contribution in [-0.2, 0) is 0 Å². The van der Waals surface area contributed by atoms with E-state index in [1.807, 2.05) is 6.20 Å². The molecule has 0 amide bonds. The summed E-state index contributed by atoms with van der Waals surface area (Å²) < 4.78 is 0. The van der Waals surface area contributed by atoms with E-state index in [2.05, 4.69) is 158 Å². The molecule has 0 N–H and O–H groups in total. The van der Waals surface area contributed by atoms with Crippen molar-refractivity contribution in [1.82, 2.24) is 4.98 Å². The number of rotatable bonds is 3. The van der Waals surface area contributed by atoms with E-state index in [-0.39, 0.29) is 0 Å². The van der Waals surface area contributed by atoms with Gasteiger partial charge in [-0.2, -0.15) is 0 Å². The van der Waals surface area contributed by atoms with Crippen LogP contribution in [0.2, 0.25) is 0 Å². The highest BCUT2D eigenvalue weighted by molar-refractivity contribution is 6.20. The summed E-state index contributed by atoms with van der Waals surface area (Å²) in [5, 5.41) is 12.6. The molecule has 0 radical (unpaired) electrons. The number of hydrogen-bond acceptors (Lipinski definition) is 1. The Hall–Kier alpha value is -5.79. The van der Waals surface area contributed by atoms with Gasteiger partial charge >= 0.3 is 0 Å². The molecule has 0 aliphatic rings. The molecule has 0 bridgehead atoms. The summed E-state index contributed by atoms with van der Waals surface area (Å²) in [7, 11) is 0. The van der Waals surface area contributed by atoms with Gasteiger partial charge in [-0.05, 0) is 94.8 Å². The fourth-order valence-corrected chi connectivity index (χ4v) is 6.96. The van der Waals surface area contributed by atoms with Crippen molar-refractivity contribution in [1.29, 1.82) is 0 Å². The molecule has 0 saturated carbocycles. The molecule has 0 saturated heterocycles. The van der Waals surface area contributed by atoms with Gasteiger partial charge in [0.1, 0.15) is 0 Å². The first-order chi connectivity index (χ1) is 21.8. The Morgan fingerprint density at radius 1 is 0.295 bits per heavy atom. The average molecular weight is 558 g/mol. The second-order valence-electron chi connectivity index (χ2n) is 11.6. The third kappa shape index (κ3) is 3.91. The van der Waals surface area contributed by atoms with Crippen molar-refractivity contribution in [3.05, 3.63) is 164 Å². The number of aromatic nitrogens is 1. The van der Waals surface area contributed by atoms with Gasteiger partial charge in [0.25, 0.3) is 0 Å². The van der Waals surface area contributed by atoms with E-state index in [0.29, 0.717) is 0 Å². The number of benzene rings is 8.